The molecular weight excluding hydrogens is 288 g/mol. The van der Waals surface area contributed by atoms with Crippen LogP contribution in [0.15, 0.2) is 18.3 Å². The van der Waals surface area contributed by atoms with Crippen molar-refractivity contribution >= 4 is 22.9 Å². The van der Waals surface area contributed by atoms with Gasteiger partial charge in [-0.3, -0.25) is 5.84 Å². The summed E-state index contributed by atoms with van der Waals surface area (Å²) in [5, 5.41) is 0. The van der Waals surface area contributed by atoms with Crippen LogP contribution in [0.5, 0.6) is 11.8 Å². The van der Waals surface area contributed by atoms with E-state index in [2.05, 4.69) is 15.4 Å². The maximum Gasteiger partial charge on any atom is 0.240 e. The van der Waals surface area contributed by atoms with Gasteiger partial charge in [0.05, 0.1) is 24.8 Å². The van der Waals surface area contributed by atoms with Gasteiger partial charge in [-0.2, -0.15) is 4.98 Å². The first-order valence-electron chi connectivity index (χ1n) is 5.36. The lowest BCUT2D eigenvalue weighted by Gasteiger charge is -2.16. The van der Waals surface area contributed by atoms with Gasteiger partial charge >= 0.3 is 0 Å². The third-order valence-corrected chi connectivity index (χ3v) is 3.76. The number of nitrogens with two attached hydrogens (primary N) is 1. The van der Waals surface area contributed by atoms with Gasteiger partial charge in [0.25, 0.3) is 0 Å². The van der Waals surface area contributed by atoms with E-state index >= 15 is 0 Å². The van der Waals surface area contributed by atoms with Crippen LogP contribution in [0.3, 0.4) is 0 Å². The van der Waals surface area contributed by atoms with E-state index in [0.29, 0.717) is 21.8 Å². The number of thiophene rings is 1. The Morgan fingerprint density at radius 1 is 1.37 bits per heavy atom. The average Bonchev–Trinajstić information content (AvgIpc) is 2.86. The number of halogens is 1. The SMILES string of the molecule is COc1cnc(C(NN)c2ccc(Cl)s2)c(OC)n1. The predicted molar refractivity (Wildman–Crippen MR) is 73.6 cm³/mol. The van der Waals surface area contributed by atoms with Crippen LogP contribution in [0.4, 0.5) is 0 Å². The smallest absolute Gasteiger partial charge is 0.240 e. The zero-order valence-corrected chi connectivity index (χ0v) is 12.0. The molecule has 8 heteroatoms. The molecule has 0 fully saturated rings. The quantitative estimate of drug-likeness (QED) is 0.647. The second-order valence-electron chi connectivity index (χ2n) is 3.55. The highest BCUT2D eigenvalue weighted by Gasteiger charge is 2.22. The van der Waals surface area contributed by atoms with Crippen molar-refractivity contribution in [3.05, 3.63) is 33.2 Å². The van der Waals surface area contributed by atoms with Gasteiger partial charge < -0.3 is 9.47 Å². The van der Waals surface area contributed by atoms with Crippen molar-refractivity contribution < 1.29 is 9.47 Å². The van der Waals surface area contributed by atoms with Crippen molar-refractivity contribution in [2.75, 3.05) is 14.2 Å². The molecule has 0 aliphatic heterocycles. The molecule has 0 radical (unpaired) electrons. The van der Waals surface area contributed by atoms with Gasteiger partial charge in [0.1, 0.15) is 11.7 Å². The molecule has 1 unspecified atom stereocenters. The van der Waals surface area contributed by atoms with Crippen LogP contribution in [0, 0.1) is 0 Å². The summed E-state index contributed by atoms with van der Waals surface area (Å²) in [5.74, 6) is 6.33. The lowest BCUT2D eigenvalue weighted by atomic mass is 10.2. The highest BCUT2D eigenvalue weighted by molar-refractivity contribution is 7.16. The van der Waals surface area contributed by atoms with E-state index in [9.17, 15) is 0 Å². The fourth-order valence-electron chi connectivity index (χ4n) is 1.59. The fourth-order valence-corrected chi connectivity index (χ4v) is 2.72. The lowest BCUT2D eigenvalue weighted by molar-refractivity contribution is 0.353. The van der Waals surface area contributed by atoms with Crippen molar-refractivity contribution in [3.63, 3.8) is 0 Å². The fraction of sp³-hybridized carbons (Fsp3) is 0.273. The Morgan fingerprint density at radius 2 is 2.16 bits per heavy atom. The third-order valence-electron chi connectivity index (χ3n) is 2.47. The molecule has 0 saturated carbocycles. The summed E-state index contributed by atoms with van der Waals surface area (Å²) in [4.78, 5) is 9.39. The summed E-state index contributed by atoms with van der Waals surface area (Å²) in [6.45, 7) is 0. The molecule has 2 aromatic rings. The Kier molecular flexibility index (Phi) is 4.54. The molecule has 3 N–H and O–H groups in total. The van der Waals surface area contributed by atoms with Crippen molar-refractivity contribution in [2.24, 2.45) is 5.84 Å². The highest BCUT2D eigenvalue weighted by Crippen LogP contribution is 2.33. The lowest BCUT2D eigenvalue weighted by Crippen LogP contribution is -2.29. The zero-order chi connectivity index (χ0) is 13.8. The van der Waals surface area contributed by atoms with Gasteiger partial charge in [-0.05, 0) is 12.1 Å². The van der Waals surface area contributed by atoms with Crippen molar-refractivity contribution in [2.45, 2.75) is 6.04 Å². The second-order valence-corrected chi connectivity index (χ2v) is 5.30. The molecule has 0 bridgehead atoms. The van der Waals surface area contributed by atoms with E-state index < -0.39 is 0 Å². The Bertz CT molecular complexity index is 563. The number of ether oxygens (including phenoxy) is 2. The number of nitrogens with one attached hydrogen (secondary N) is 1. The molecule has 0 saturated heterocycles. The van der Waals surface area contributed by atoms with Crippen molar-refractivity contribution in [1.82, 2.24) is 15.4 Å². The Balaban J connectivity index is 2.43. The molecule has 1 atom stereocenters. The minimum atomic E-state index is -0.342. The van der Waals surface area contributed by atoms with E-state index in [-0.39, 0.29) is 6.04 Å². The summed E-state index contributed by atoms with van der Waals surface area (Å²) >= 11 is 7.35. The molecular formula is C11H13ClN4O2S. The van der Waals surface area contributed by atoms with E-state index in [1.807, 2.05) is 6.07 Å². The highest BCUT2D eigenvalue weighted by atomic mass is 35.5. The largest absolute Gasteiger partial charge is 0.480 e. The maximum atomic E-state index is 5.93. The summed E-state index contributed by atoms with van der Waals surface area (Å²) in [6.07, 6.45) is 1.51. The van der Waals surface area contributed by atoms with Crippen LogP contribution >= 0.6 is 22.9 Å². The number of rotatable bonds is 5. The Labute approximate surface area is 119 Å². The number of hydrazine groups is 1. The first-order valence-corrected chi connectivity index (χ1v) is 6.55. The predicted octanol–water partition coefficient (Wildman–Crippen LogP) is 1.76. The summed E-state index contributed by atoms with van der Waals surface area (Å²) in [7, 11) is 3.03. The van der Waals surface area contributed by atoms with Gasteiger partial charge in [-0.15, -0.1) is 11.3 Å². The van der Waals surface area contributed by atoms with Gasteiger partial charge in [-0.1, -0.05) is 11.6 Å². The topological polar surface area (TPSA) is 82.3 Å². The van der Waals surface area contributed by atoms with Gasteiger partial charge in [0.15, 0.2) is 0 Å². The molecule has 0 aliphatic rings. The van der Waals surface area contributed by atoms with E-state index in [1.54, 1.807) is 6.07 Å². The monoisotopic (exact) mass is 300 g/mol. The van der Waals surface area contributed by atoms with Crippen molar-refractivity contribution in [3.8, 4) is 11.8 Å². The molecule has 2 aromatic heterocycles. The van der Waals surface area contributed by atoms with Crippen LogP contribution in [-0.4, -0.2) is 24.2 Å². The van der Waals surface area contributed by atoms with Crippen LogP contribution < -0.4 is 20.7 Å². The molecule has 0 aliphatic carbocycles. The van der Waals surface area contributed by atoms with E-state index in [1.165, 1.54) is 31.8 Å². The van der Waals surface area contributed by atoms with Gasteiger partial charge in [0.2, 0.25) is 11.8 Å². The van der Waals surface area contributed by atoms with E-state index in [0.717, 1.165) is 4.88 Å². The number of hydrogen-bond donors (Lipinski definition) is 2. The minimum Gasteiger partial charge on any atom is -0.480 e. The Hall–Kier alpha value is -1.41. The zero-order valence-electron chi connectivity index (χ0n) is 10.4. The normalized spacial score (nSPS) is 12.2. The molecule has 2 heterocycles. The molecule has 102 valence electrons. The van der Waals surface area contributed by atoms with Crippen molar-refractivity contribution in [1.29, 1.82) is 0 Å². The van der Waals surface area contributed by atoms with Crippen LogP contribution in [0.2, 0.25) is 4.34 Å². The minimum absolute atomic E-state index is 0.342. The second kappa shape index (κ2) is 6.16. The van der Waals surface area contributed by atoms with Crippen LogP contribution in [-0.2, 0) is 0 Å². The molecule has 6 nitrogen and oxygen atoms in total. The van der Waals surface area contributed by atoms with Gasteiger partial charge in [0, 0.05) is 4.88 Å². The molecule has 2 rings (SSSR count). The first-order chi connectivity index (χ1) is 9.19. The third kappa shape index (κ3) is 2.95. The van der Waals surface area contributed by atoms with Crippen LogP contribution in [0.25, 0.3) is 0 Å². The summed E-state index contributed by atoms with van der Waals surface area (Å²) in [5.41, 5.74) is 3.26. The standard InChI is InChI=1S/C11H13ClN4O2S/c1-17-8-5-14-10(11(15-8)18-2)9(16-13)6-3-4-7(12)19-6/h3-5,9,16H,13H2,1-2H3. The molecule has 19 heavy (non-hydrogen) atoms. The number of methoxy groups -OCH3 is 2. The van der Waals surface area contributed by atoms with Crippen LogP contribution in [0.1, 0.15) is 16.6 Å². The molecule has 0 aromatic carbocycles. The van der Waals surface area contributed by atoms with E-state index in [4.69, 9.17) is 26.9 Å². The maximum absolute atomic E-state index is 5.93. The Morgan fingerprint density at radius 3 is 2.68 bits per heavy atom. The first kappa shape index (κ1) is 14.0. The number of aromatic nitrogens is 2. The summed E-state index contributed by atoms with van der Waals surface area (Å²) in [6, 6.07) is 3.34. The molecule has 0 amide bonds. The van der Waals surface area contributed by atoms with Gasteiger partial charge in [-0.25, -0.2) is 10.4 Å². The average molecular weight is 301 g/mol. The number of hydrogen-bond acceptors (Lipinski definition) is 7. The molecule has 0 spiro atoms. The number of nitrogens with zero attached hydrogens (tertiary/aromatic N) is 2. The summed E-state index contributed by atoms with van der Waals surface area (Å²) < 4.78 is 10.9.